The van der Waals surface area contributed by atoms with Gasteiger partial charge in [-0.3, -0.25) is 4.79 Å². The highest BCUT2D eigenvalue weighted by Crippen LogP contribution is 2.23. The first-order valence-electron chi connectivity index (χ1n) is 7.94. The largest absolute Gasteiger partial charge is 0.481 e. The van der Waals surface area contributed by atoms with Crippen LogP contribution in [-0.2, 0) is 14.8 Å². The Bertz CT molecular complexity index is 915. The minimum atomic E-state index is -3.80. The van der Waals surface area contributed by atoms with Crippen LogP contribution in [0.3, 0.4) is 0 Å². The number of hydrogen-bond donors (Lipinski definition) is 2. The van der Waals surface area contributed by atoms with E-state index in [0.717, 1.165) is 5.56 Å². The summed E-state index contributed by atoms with van der Waals surface area (Å²) >= 11 is 5.91. The van der Waals surface area contributed by atoms with E-state index < -0.39 is 22.2 Å². The van der Waals surface area contributed by atoms with E-state index in [0.29, 0.717) is 16.3 Å². The molecular weight excluding hydrogens is 376 g/mol. The van der Waals surface area contributed by atoms with Gasteiger partial charge in [0.15, 0.2) is 6.10 Å². The van der Waals surface area contributed by atoms with Crippen molar-refractivity contribution >= 4 is 27.5 Å². The molecule has 0 saturated heterocycles. The van der Waals surface area contributed by atoms with Crippen molar-refractivity contribution in [3.05, 3.63) is 58.6 Å². The number of halogens is 1. The molecule has 2 aromatic carbocycles. The van der Waals surface area contributed by atoms with Crippen molar-refractivity contribution in [1.29, 1.82) is 0 Å². The maximum atomic E-state index is 12.4. The van der Waals surface area contributed by atoms with Crippen LogP contribution in [0.15, 0.2) is 47.4 Å². The molecule has 2 aromatic rings. The van der Waals surface area contributed by atoms with E-state index in [1.165, 1.54) is 12.1 Å². The second-order valence-corrected chi connectivity index (χ2v) is 8.02. The van der Waals surface area contributed by atoms with Gasteiger partial charge < -0.3 is 10.1 Å². The SMILES string of the molecule is Cc1cc(Cl)ccc1OC(C)C(=O)NC(C)c1cccc(S(N)(=O)=O)c1. The van der Waals surface area contributed by atoms with Crippen molar-refractivity contribution in [3.63, 3.8) is 0 Å². The Balaban J connectivity index is 2.06. The maximum Gasteiger partial charge on any atom is 0.261 e. The number of primary sulfonamides is 1. The van der Waals surface area contributed by atoms with Gasteiger partial charge in [0.25, 0.3) is 5.91 Å². The van der Waals surface area contributed by atoms with Crippen molar-refractivity contribution < 1.29 is 17.9 Å². The fourth-order valence-electron chi connectivity index (χ4n) is 2.36. The van der Waals surface area contributed by atoms with Gasteiger partial charge in [0.05, 0.1) is 10.9 Å². The summed E-state index contributed by atoms with van der Waals surface area (Å²) in [6.07, 6.45) is -0.737. The Labute approximate surface area is 158 Å². The van der Waals surface area contributed by atoms with Gasteiger partial charge in [0, 0.05) is 5.02 Å². The molecular formula is C18H21ClN2O4S. The minimum Gasteiger partial charge on any atom is -0.481 e. The first-order valence-corrected chi connectivity index (χ1v) is 9.86. The predicted octanol–water partition coefficient (Wildman–Crippen LogP) is 2.94. The average Bonchev–Trinajstić information content (AvgIpc) is 2.56. The Morgan fingerprint density at radius 2 is 1.88 bits per heavy atom. The van der Waals surface area contributed by atoms with E-state index in [-0.39, 0.29) is 10.8 Å². The molecule has 140 valence electrons. The van der Waals surface area contributed by atoms with Gasteiger partial charge in [-0.2, -0.15) is 0 Å². The van der Waals surface area contributed by atoms with Crippen LogP contribution in [0.2, 0.25) is 5.02 Å². The quantitative estimate of drug-likeness (QED) is 0.784. The summed E-state index contributed by atoms with van der Waals surface area (Å²) < 4.78 is 28.6. The molecule has 3 N–H and O–H groups in total. The topological polar surface area (TPSA) is 98.5 Å². The lowest BCUT2D eigenvalue weighted by atomic mass is 10.1. The molecule has 0 fully saturated rings. The summed E-state index contributed by atoms with van der Waals surface area (Å²) in [6, 6.07) is 10.9. The van der Waals surface area contributed by atoms with Gasteiger partial charge in [-0.05, 0) is 62.2 Å². The summed E-state index contributed by atoms with van der Waals surface area (Å²) in [4.78, 5) is 12.4. The summed E-state index contributed by atoms with van der Waals surface area (Å²) in [5.41, 5.74) is 1.45. The third-order valence-corrected chi connectivity index (χ3v) is 5.00. The zero-order chi connectivity index (χ0) is 19.5. The summed E-state index contributed by atoms with van der Waals surface area (Å²) in [6.45, 7) is 5.23. The Morgan fingerprint density at radius 1 is 1.19 bits per heavy atom. The van der Waals surface area contributed by atoms with Crippen molar-refractivity contribution in [3.8, 4) is 5.75 Å². The Hall–Kier alpha value is -2.09. The van der Waals surface area contributed by atoms with Crippen LogP contribution in [-0.4, -0.2) is 20.4 Å². The van der Waals surface area contributed by atoms with Crippen molar-refractivity contribution in [1.82, 2.24) is 5.32 Å². The summed E-state index contributed by atoms with van der Waals surface area (Å²) in [5, 5.41) is 8.53. The number of amides is 1. The van der Waals surface area contributed by atoms with Gasteiger partial charge in [0.1, 0.15) is 5.75 Å². The molecule has 0 bridgehead atoms. The van der Waals surface area contributed by atoms with Gasteiger partial charge in [-0.15, -0.1) is 0 Å². The normalized spacial score (nSPS) is 13.7. The zero-order valence-electron chi connectivity index (χ0n) is 14.7. The van der Waals surface area contributed by atoms with E-state index >= 15 is 0 Å². The lowest BCUT2D eigenvalue weighted by molar-refractivity contribution is -0.127. The molecule has 0 aliphatic rings. The van der Waals surface area contributed by atoms with Crippen LogP contribution in [0.4, 0.5) is 0 Å². The number of carbonyl (C=O) groups excluding carboxylic acids is 1. The fourth-order valence-corrected chi connectivity index (χ4v) is 3.16. The molecule has 1 amide bonds. The molecule has 6 nitrogen and oxygen atoms in total. The molecule has 8 heteroatoms. The molecule has 0 aliphatic heterocycles. The smallest absolute Gasteiger partial charge is 0.261 e. The van der Waals surface area contributed by atoms with Crippen molar-refractivity contribution in [2.24, 2.45) is 5.14 Å². The number of sulfonamides is 1. The van der Waals surface area contributed by atoms with Crippen LogP contribution in [0.5, 0.6) is 5.75 Å². The van der Waals surface area contributed by atoms with Crippen LogP contribution in [0.25, 0.3) is 0 Å². The third kappa shape index (κ3) is 5.20. The predicted molar refractivity (Wildman–Crippen MR) is 101 cm³/mol. The lowest BCUT2D eigenvalue weighted by Gasteiger charge is -2.20. The minimum absolute atomic E-state index is 0.00261. The van der Waals surface area contributed by atoms with Crippen LogP contribution < -0.4 is 15.2 Å². The number of hydrogen-bond acceptors (Lipinski definition) is 4. The number of carbonyl (C=O) groups is 1. The van der Waals surface area contributed by atoms with Gasteiger partial charge in [-0.1, -0.05) is 23.7 Å². The number of benzene rings is 2. The fraction of sp³-hybridized carbons (Fsp3) is 0.278. The second-order valence-electron chi connectivity index (χ2n) is 6.02. The maximum absolute atomic E-state index is 12.4. The molecule has 0 radical (unpaired) electrons. The van der Waals surface area contributed by atoms with Crippen LogP contribution in [0.1, 0.15) is 31.0 Å². The molecule has 2 atom stereocenters. The Morgan fingerprint density at radius 3 is 2.50 bits per heavy atom. The van der Waals surface area contributed by atoms with Crippen molar-refractivity contribution in [2.75, 3.05) is 0 Å². The van der Waals surface area contributed by atoms with Crippen molar-refractivity contribution in [2.45, 2.75) is 37.8 Å². The zero-order valence-corrected chi connectivity index (χ0v) is 16.3. The highest BCUT2D eigenvalue weighted by Gasteiger charge is 2.19. The van der Waals surface area contributed by atoms with Gasteiger partial charge >= 0.3 is 0 Å². The molecule has 2 rings (SSSR count). The molecule has 0 heterocycles. The standard InChI is InChI=1S/C18H21ClN2O4S/c1-11-9-15(19)7-8-17(11)25-13(3)18(22)21-12(2)14-5-4-6-16(10-14)26(20,23)24/h4-10,12-13H,1-3H3,(H,21,22)(H2,20,23,24). The molecule has 0 aliphatic carbocycles. The van der Waals surface area contributed by atoms with E-state index in [4.69, 9.17) is 21.5 Å². The highest BCUT2D eigenvalue weighted by atomic mass is 35.5. The number of rotatable bonds is 6. The molecule has 0 spiro atoms. The highest BCUT2D eigenvalue weighted by molar-refractivity contribution is 7.89. The second kappa shape index (κ2) is 8.07. The summed E-state index contributed by atoms with van der Waals surface area (Å²) in [5.74, 6) is 0.244. The van der Waals surface area contributed by atoms with Gasteiger partial charge in [0.2, 0.25) is 10.0 Å². The van der Waals surface area contributed by atoms with E-state index in [9.17, 15) is 13.2 Å². The van der Waals surface area contributed by atoms with E-state index in [1.807, 2.05) is 6.92 Å². The molecule has 2 unspecified atom stereocenters. The lowest BCUT2D eigenvalue weighted by Crippen LogP contribution is -2.37. The number of nitrogens with one attached hydrogen (secondary N) is 1. The number of ether oxygens (including phenoxy) is 1. The van der Waals surface area contributed by atoms with E-state index in [2.05, 4.69) is 5.32 Å². The molecule has 0 saturated carbocycles. The molecule has 26 heavy (non-hydrogen) atoms. The Kier molecular flexibility index (Phi) is 6.28. The van der Waals surface area contributed by atoms with E-state index in [1.54, 1.807) is 44.2 Å². The monoisotopic (exact) mass is 396 g/mol. The first kappa shape index (κ1) is 20.2. The van der Waals surface area contributed by atoms with Crippen LogP contribution in [0, 0.1) is 6.92 Å². The van der Waals surface area contributed by atoms with Crippen LogP contribution >= 0.6 is 11.6 Å². The summed E-state index contributed by atoms with van der Waals surface area (Å²) in [7, 11) is -3.80. The average molecular weight is 397 g/mol. The first-order chi connectivity index (χ1) is 12.1. The molecule has 0 aromatic heterocycles. The third-order valence-electron chi connectivity index (χ3n) is 3.86. The van der Waals surface area contributed by atoms with Gasteiger partial charge in [-0.25, -0.2) is 13.6 Å². The number of aryl methyl sites for hydroxylation is 1. The number of nitrogens with two attached hydrogens (primary N) is 1.